The standard InChI is InChI=1S/C6H15NO2/c1-3-5(4-7)6(2,8)9/h5,8-9H,3-4,7H2,1-2H3. The second kappa shape index (κ2) is 3.15. The van der Waals surface area contributed by atoms with Gasteiger partial charge < -0.3 is 15.9 Å². The van der Waals surface area contributed by atoms with Crippen LogP contribution < -0.4 is 5.73 Å². The van der Waals surface area contributed by atoms with Gasteiger partial charge in [-0.3, -0.25) is 0 Å². The van der Waals surface area contributed by atoms with Crippen LogP contribution in [0.1, 0.15) is 20.3 Å². The molecule has 56 valence electrons. The fourth-order valence-corrected chi connectivity index (χ4v) is 0.777. The Labute approximate surface area is 55.5 Å². The first kappa shape index (κ1) is 8.88. The Morgan fingerprint density at radius 3 is 2.00 bits per heavy atom. The number of hydrogen-bond donors (Lipinski definition) is 3. The van der Waals surface area contributed by atoms with Gasteiger partial charge in [0, 0.05) is 12.5 Å². The predicted molar refractivity (Wildman–Crippen MR) is 35.7 cm³/mol. The van der Waals surface area contributed by atoms with Gasteiger partial charge in [-0.05, 0) is 13.3 Å². The van der Waals surface area contributed by atoms with Crippen molar-refractivity contribution in [1.82, 2.24) is 0 Å². The molecule has 1 unspecified atom stereocenters. The van der Waals surface area contributed by atoms with Crippen LogP contribution in [0.3, 0.4) is 0 Å². The van der Waals surface area contributed by atoms with Crippen molar-refractivity contribution >= 4 is 0 Å². The van der Waals surface area contributed by atoms with Gasteiger partial charge in [-0.15, -0.1) is 0 Å². The van der Waals surface area contributed by atoms with Crippen molar-refractivity contribution in [3.8, 4) is 0 Å². The van der Waals surface area contributed by atoms with Crippen molar-refractivity contribution in [1.29, 1.82) is 0 Å². The van der Waals surface area contributed by atoms with Crippen LogP contribution in [0.2, 0.25) is 0 Å². The lowest BCUT2D eigenvalue weighted by Crippen LogP contribution is -2.38. The van der Waals surface area contributed by atoms with Crippen molar-refractivity contribution < 1.29 is 10.2 Å². The second-order valence-electron chi connectivity index (χ2n) is 2.43. The molecule has 0 radical (unpaired) electrons. The molecule has 0 aliphatic carbocycles. The fourth-order valence-electron chi connectivity index (χ4n) is 0.777. The lowest BCUT2D eigenvalue weighted by molar-refractivity contribution is -0.183. The van der Waals surface area contributed by atoms with Crippen LogP contribution in [0, 0.1) is 5.92 Å². The Hall–Kier alpha value is -0.120. The zero-order valence-electron chi connectivity index (χ0n) is 5.96. The van der Waals surface area contributed by atoms with Gasteiger partial charge in [-0.25, -0.2) is 0 Å². The van der Waals surface area contributed by atoms with Crippen molar-refractivity contribution in [3.63, 3.8) is 0 Å². The van der Waals surface area contributed by atoms with E-state index < -0.39 is 5.79 Å². The average molecular weight is 133 g/mol. The van der Waals surface area contributed by atoms with Crippen LogP contribution in [0.15, 0.2) is 0 Å². The van der Waals surface area contributed by atoms with Gasteiger partial charge in [0.25, 0.3) is 0 Å². The van der Waals surface area contributed by atoms with Crippen molar-refractivity contribution in [2.75, 3.05) is 6.54 Å². The molecule has 3 heteroatoms. The van der Waals surface area contributed by atoms with Crippen LogP contribution in [-0.4, -0.2) is 22.5 Å². The van der Waals surface area contributed by atoms with Crippen LogP contribution >= 0.6 is 0 Å². The molecular weight excluding hydrogens is 118 g/mol. The summed E-state index contributed by atoms with van der Waals surface area (Å²) in [7, 11) is 0. The van der Waals surface area contributed by atoms with Gasteiger partial charge in [-0.1, -0.05) is 6.92 Å². The maximum atomic E-state index is 8.95. The smallest absolute Gasteiger partial charge is 0.163 e. The molecule has 0 rings (SSSR count). The van der Waals surface area contributed by atoms with Gasteiger partial charge in [0.2, 0.25) is 0 Å². The van der Waals surface area contributed by atoms with Gasteiger partial charge in [-0.2, -0.15) is 0 Å². The Balaban J connectivity index is 3.79. The topological polar surface area (TPSA) is 66.5 Å². The quantitative estimate of drug-likeness (QED) is 0.462. The van der Waals surface area contributed by atoms with E-state index in [1.165, 1.54) is 6.92 Å². The first-order chi connectivity index (χ1) is 4.02. The largest absolute Gasteiger partial charge is 0.366 e. The van der Waals surface area contributed by atoms with Crippen LogP contribution in [0.5, 0.6) is 0 Å². The van der Waals surface area contributed by atoms with Crippen molar-refractivity contribution in [3.05, 3.63) is 0 Å². The lowest BCUT2D eigenvalue weighted by Gasteiger charge is -2.24. The van der Waals surface area contributed by atoms with E-state index >= 15 is 0 Å². The molecular formula is C6H15NO2. The lowest BCUT2D eigenvalue weighted by atomic mass is 9.98. The third-order valence-electron chi connectivity index (χ3n) is 1.55. The molecule has 0 heterocycles. The molecule has 9 heavy (non-hydrogen) atoms. The third kappa shape index (κ3) is 2.79. The molecule has 4 N–H and O–H groups in total. The molecule has 0 aliphatic heterocycles. The Kier molecular flexibility index (Phi) is 3.11. The zero-order valence-corrected chi connectivity index (χ0v) is 5.96. The first-order valence-corrected chi connectivity index (χ1v) is 3.17. The maximum absolute atomic E-state index is 8.95. The van der Waals surface area contributed by atoms with Gasteiger partial charge in [0.05, 0.1) is 0 Å². The van der Waals surface area contributed by atoms with Gasteiger partial charge in [0.15, 0.2) is 5.79 Å². The summed E-state index contributed by atoms with van der Waals surface area (Å²) in [6.45, 7) is 3.55. The zero-order chi connectivity index (χ0) is 7.49. The Morgan fingerprint density at radius 1 is 1.56 bits per heavy atom. The molecule has 0 spiro atoms. The molecule has 1 atom stereocenters. The molecule has 0 aliphatic rings. The van der Waals surface area contributed by atoms with Crippen LogP contribution in [0.25, 0.3) is 0 Å². The van der Waals surface area contributed by atoms with Gasteiger partial charge in [0.1, 0.15) is 0 Å². The molecule has 0 amide bonds. The normalized spacial score (nSPS) is 15.7. The van der Waals surface area contributed by atoms with Gasteiger partial charge >= 0.3 is 0 Å². The summed E-state index contributed by atoms with van der Waals surface area (Å²) in [6, 6.07) is 0. The van der Waals surface area contributed by atoms with E-state index in [1.807, 2.05) is 6.92 Å². The van der Waals surface area contributed by atoms with E-state index in [0.29, 0.717) is 13.0 Å². The number of rotatable bonds is 3. The minimum absolute atomic E-state index is 0.211. The van der Waals surface area contributed by atoms with Crippen molar-refractivity contribution in [2.45, 2.75) is 26.1 Å². The molecule has 0 saturated carbocycles. The van der Waals surface area contributed by atoms with Crippen LogP contribution in [0.4, 0.5) is 0 Å². The van der Waals surface area contributed by atoms with Crippen molar-refractivity contribution in [2.24, 2.45) is 11.7 Å². The summed E-state index contributed by atoms with van der Waals surface area (Å²) in [6.07, 6.45) is 0.694. The minimum atomic E-state index is -1.61. The minimum Gasteiger partial charge on any atom is -0.366 e. The summed E-state index contributed by atoms with van der Waals surface area (Å²) in [5.74, 6) is -1.82. The molecule has 3 nitrogen and oxygen atoms in total. The molecule has 0 bridgehead atoms. The van der Waals surface area contributed by atoms with Crippen LogP contribution in [-0.2, 0) is 0 Å². The summed E-state index contributed by atoms with van der Waals surface area (Å²) in [5, 5.41) is 17.9. The SMILES string of the molecule is CCC(CN)C(C)(O)O. The number of hydrogen-bond acceptors (Lipinski definition) is 3. The summed E-state index contributed by atoms with van der Waals surface area (Å²) < 4.78 is 0. The third-order valence-corrected chi connectivity index (χ3v) is 1.55. The van der Waals surface area contributed by atoms with E-state index in [9.17, 15) is 0 Å². The van der Waals surface area contributed by atoms with E-state index in [2.05, 4.69) is 0 Å². The molecule has 0 saturated heterocycles. The number of nitrogens with two attached hydrogens (primary N) is 1. The second-order valence-corrected chi connectivity index (χ2v) is 2.43. The average Bonchev–Trinajstić information content (AvgIpc) is 1.65. The maximum Gasteiger partial charge on any atom is 0.163 e. The fraction of sp³-hybridized carbons (Fsp3) is 1.00. The Bertz CT molecular complexity index is 73.6. The summed E-state index contributed by atoms with van der Waals surface area (Å²) in [5.41, 5.74) is 5.25. The summed E-state index contributed by atoms with van der Waals surface area (Å²) in [4.78, 5) is 0. The number of aliphatic hydroxyl groups is 2. The van der Waals surface area contributed by atoms with E-state index in [1.54, 1.807) is 0 Å². The highest BCUT2D eigenvalue weighted by Gasteiger charge is 2.25. The first-order valence-electron chi connectivity index (χ1n) is 3.17. The van der Waals surface area contributed by atoms with E-state index in [4.69, 9.17) is 15.9 Å². The Morgan fingerprint density at radius 2 is 2.00 bits per heavy atom. The van der Waals surface area contributed by atoms with E-state index in [-0.39, 0.29) is 5.92 Å². The molecule has 0 aromatic carbocycles. The molecule has 0 aromatic heterocycles. The van der Waals surface area contributed by atoms with E-state index in [0.717, 1.165) is 0 Å². The molecule has 0 aromatic rings. The predicted octanol–water partition coefficient (Wildman–Crippen LogP) is -0.328. The monoisotopic (exact) mass is 133 g/mol. The highest BCUT2D eigenvalue weighted by Crippen LogP contribution is 2.14. The summed E-state index contributed by atoms with van der Waals surface area (Å²) >= 11 is 0. The highest BCUT2D eigenvalue weighted by molar-refractivity contribution is 4.69. The highest BCUT2D eigenvalue weighted by atomic mass is 16.5. The molecule has 0 fully saturated rings.